The Labute approximate surface area is 245 Å². The van der Waals surface area contributed by atoms with Gasteiger partial charge in [0.15, 0.2) is 6.10 Å². The molecule has 0 spiro atoms. The number of nitrogens with two attached hydrogens (primary N) is 1. The summed E-state index contributed by atoms with van der Waals surface area (Å²) in [7, 11) is 0. The highest BCUT2D eigenvalue weighted by Crippen LogP contribution is 2.36. The largest absolute Gasteiger partial charge is 0.479 e. The Kier molecular flexibility index (Phi) is 10.6. The number of aliphatic carboxylic acids is 1. The fourth-order valence-corrected chi connectivity index (χ4v) is 3.51. The number of pyridine rings is 1. The smallest absolute Gasteiger partial charge is 0.417 e. The molecule has 4 rings (SSSR count). The predicted molar refractivity (Wildman–Crippen MR) is 147 cm³/mol. The molecule has 0 aliphatic carbocycles. The minimum atomic E-state index is -4.71. The van der Waals surface area contributed by atoms with Gasteiger partial charge in [0.05, 0.1) is 16.3 Å². The van der Waals surface area contributed by atoms with Crippen molar-refractivity contribution in [1.29, 1.82) is 0 Å². The van der Waals surface area contributed by atoms with E-state index in [0.717, 1.165) is 12.1 Å². The minimum Gasteiger partial charge on any atom is -0.479 e. The van der Waals surface area contributed by atoms with E-state index in [1.165, 1.54) is 36.5 Å². The van der Waals surface area contributed by atoms with E-state index in [0.29, 0.717) is 11.6 Å². The molecule has 10 nitrogen and oxygen atoms in total. The standard InChI is InChI=1S/C20H13ClF4N4O3.C8H8O3/c21-14-3-1-10(7-13(14)20(23,24)25)28-19(31)29-16-4-2-11(8-15(16)22)32-12-5-6-27-17(9-12)18(26)30;9-7(8(10)11)6-4-2-1-3-5-6/h1-9H,(H2,26,30)(H2,28,29,31);1-5,7,9H,(H,10,11). The zero-order valence-electron chi connectivity index (χ0n) is 21.6. The molecule has 224 valence electrons. The van der Waals surface area contributed by atoms with Gasteiger partial charge >= 0.3 is 18.2 Å². The van der Waals surface area contributed by atoms with Gasteiger partial charge in [-0.1, -0.05) is 41.9 Å². The van der Waals surface area contributed by atoms with Gasteiger partial charge in [-0.15, -0.1) is 0 Å². The molecule has 1 heterocycles. The molecule has 4 aromatic rings. The van der Waals surface area contributed by atoms with E-state index in [1.807, 2.05) is 0 Å². The van der Waals surface area contributed by atoms with Crippen LogP contribution in [0.15, 0.2) is 85.1 Å². The lowest BCUT2D eigenvalue weighted by Gasteiger charge is -2.13. The molecule has 6 N–H and O–H groups in total. The first-order valence-corrected chi connectivity index (χ1v) is 12.3. The topological polar surface area (TPSA) is 164 Å². The van der Waals surface area contributed by atoms with Crippen LogP contribution >= 0.6 is 11.6 Å². The molecular formula is C28H21ClF4N4O6. The first-order chi connectivity index (χ1) is 20.2. The number of hydrogen-bond acceptors (Lipinski definition) is 6. The van der Waals surface area contributed by atoms with Crippen molar-refractivity contribution >= 4 is 40.9 Å². The van der Waals surface area contributed by atoms with Crippen LogP contribution < -0.4 is 21.1 Å². The number of carbonyl (C=O) groups excluding carboxylic acids is 2. The highest BCUT2D eigenvalue weighted by atomic mass is 35.5. The quantitative estimate of drug-likeness (QED) is 0.153. The Morgan fingerprint density at radius 2 is 1.60 bits per heavy atom. The summed E-state index contributed by atoms with van der Waals surface area (Å²) in [5, 5.41) is 21.2. The maximum Gasteiger partial charge on any atom is 0.417 e. The normalized spacial score (nSPS) is 11.4. The number of nitrogens with one attached hydrogen (secondary N) is 2. The van der Waals surface area contributed by atoms with Crippen molar-refractivity contribution in [1.82, 2.24) is 4.98 Å². The molecule has 0 fully saturated rings. The fraction of sp³-hybridized carbons (Fsp3) is 0.0714. The number of rotatable bonds is 7. The van der Waals surface area contributed by atoms with Gasteiger partial charge in [-0.2, -0.15) is 13.2 Å². The number of carboxylic acids is 1. The van der Waals surface area contributed by atoms with Gasteiger partial charge in [0.25, 0.3) is 5.91 Å². The van der Waals surface area contributed by atoms with Gasteiger partial charge in [0.2, 0.25) is 0 Å². The number of aliphatic hydroxyl groups is 1. The number of carboxylic acid groups (broad SMARTS) is 1. The number of halogens is 5. The number of hydrogen-bond donors (Lipinski definition) is 5. The number of anilines is 2. The Bertz CT molecular complexity index is 1620. The van der Waals surface area contributed by atoms with Crippen LogP contribution in [-0.4, -0.2) is 33.1 Å². The number of amides is 3. The summed E-state index contributed by atoms with van der Waals surface area (Å²) < 4.78 is 58.5. The molecule has 1 atom stereocenters. The van der Waals surface area contributed by atoms with Gasteiger partial charge in [-0.05, 0) is 42.0 Å². The lowest BCUT2D eigenvalue weighted by atomic mass is 10.1. The van der Waals surface area contributed by atoms with Crippen LogP contribution in [0.4, 0.5) is 33.7 Å². The molecule has 15 heteroatoms. The Morgan fingerprint density at radius 3 is 2.21 bits per heavy atom. The van der Waals surface area contributed by atoms with Crippen molar-refractivity contribution in [3.63, 3.8) is 0 Å². The first kappa shape index (κ1) is 32.3. The summed E-state index contributed by atoms with van der Waals surface area (Å²) in [5.41, 5.74) is 3.91. The number of alkyl halides is 3. The Morgan fingerprint density at radius 1 is 0.930 bits per heavy atom. The molecule has 3 amide bonds. The number of primary amides is 1. The van der Waals surface area contributed by atoms with E-state index in [2.05, 4.69) is 15.6 Å². The van der Waals surface area contributed by atoms with Crippen LogP contribution in [0.2, 0.25) is 5.02 Å². The third kappa shape index (κ3) is 9.41. The number of benzene rings is 3. The second-order valence-corrected chi connectivity index (χ2v) is 8.81. The zero-order valence-corrected chi connectivity index (χ0v) is 22.4. The van der Waals surface area contributed by atoms with Crippen LogP contribution in [0.25, 0.3) is 0 Å². The number of aliphatic hydroxyl groups excluding tert-OH is 1. The van der Waals surface area contributed by atoms with Crippen molar-refractivity contribution in [2.24, 2.45) is 5.73 Å². The van der Waals surface area contributed by atoms with Crippen molar-refractivity contribution in [2.75, 3.05) is 10.6 Å². The van der Waals surface area contributed by atoms with Crippen LogP contribution in [0.1, 0.15) is 27.7 Å². The van der Waals surface area contributed by atoms with Gasteiger partial charge in [-0.3, -0.25) is 9.78 Å². The van der Waals surface area contributed by atoms with Crippen LogP contribution in [0.3, 0.4) is 0 Å². The number of nitrogens with zero attached hydrogens (tertiary/aromatic N) is 1. The van der Waals surface area contributed by atoms with Gasteiger partial charge in [0.1, 0.15) is 23.0 Å². The third-order valence-electron chi connectivity index (χ3n) is 5.29. The molecule has 1 unspecified atom stereocenters. The van der Waals surface area contributed by atoms with Gasteiger partial charge in [-0.25, -0.2) is 14.0 Å². The Hall–Kier alpha value is -5.21. The number of ether oxygens (including phenoxy) is 1. The number of urea groups is 1. The van der Waals surface area contributed by atoms with Crippen LogP contribution in [0, 0.1) is 5.82 Å². The van der Waals surface area contributed by atoms with Crippen molar-refractivity contribution < 1.29 is 46.9 Å². The fourth-order valence-electron chi connectivity index (χ4n) is 3.29. The van der Waals surface area contributed by atoms with Gasteiger partial charge in [0, 0.05) is 24.0 Å². The number of aromatic nitrogens is 1. The molecule has 0 aliphatic heterocycles. The van der Waals surface area contributed by atoms with Crippen molar-refractivity contribution in [3.8, 4) is 11.5 Å². The Balaban J connectivity index is 0.000000386. The summed E-state index contributed by atoms with van der Waals surface area (Å²) in [6.07, 6.45) is -4.83. The van der Waals surface area contributed by atoms with Gasteiger partial charge < -0.3 is 31.3 Å². The first-order valence-electron chi connectivity index (χ1n) is 11.9. The summed E-state index contributed by atoms with van der Waals surface area (Å²) in [5.74, 6) is -2.65. The lowest BCUT2D eigenvalue weighted by Crippen LogP contribution is -2.20. The van der Waals surface area contributed by atoms with E-state index in [1.54, 1.807) is 30.3 Å². The minimum absolute atomic E-state index is 0.0441. The highest BCUT2D eigenvalue weighted by molar-refractivity contribution is 6.31. The zero-order chi connectivity index (χ0) is 31.7. The second-order valence-electron chi connectivity index (χ2n) is 8.41. The monoisotopic (exact) mass is 620 g/mol. The molecule has 0 saturated heterocycles. The van der Waals surface area contributed by atoms with Crippen molar-refractivity contribution in [2.45, 2.75) is 12.3 Å². The summed E-state index contributed by atoms with van der Waals surface area (Å²) >= 11 is 5.53. The molecule has 0 saturated carbocycles. The van der Waals surface area contributed by atoms with Crippen LogP contribution in [-0.2, 0) is 11.0 Å². The third-order valence-corrected chi connectivity index (χ3v) is 5.62. The van der Waals surface area contributed by atoms with Crippen molar-refractivity contribution in [3.05, 3.63) is 113 Å². The lowest BCUT2D eigenvalue weighted by molar-refractivity contribution is -0.147. The number of carbonyl (C=O) groups is 3. The molecule has 3 aromatic carbocycles. The molecular weight excluding hydrogens is 600 g/mol. The molecule has 0 bridgehead atoms. The van der Waals surface area contributed by atoms with E-state index >= 15 is 0 Å². The highest BCUT2D eigenvalue weighted by Gasteiger charge is 2.33. The summed E-state index contributed by atoms with van der Waals surface area (Å²) in [6, 6.07) is 16.2. The summed E-state index contributed by atoms with van der Waals surface area (Å²) in [6.45, 7) is 0. The van der Waals surface area contributed by atoms with E-state index < -0.39 is 46.6 Å². The molecule has 0 aliphatic rings. The molecule has 43 heavy (non-hydrogen) atoms. The van der Waals surface area contributed by atoms with Crippen LogP contribution in [0.5, 0.6) is 11.5 Å². The summed E-state index contributed by atoms with van der Waals surface area (Å²) in [4.78, 5) is 37.2. The molecule has 1 aromatic heterocycles. The SMILES string of the molecule is NC(=O)c1cc(Oc2ccc(NC(=O)Nc3ccc(Cl)c(C(F)(F)F)c3)c(F)c2)ccn1.O=C(O)C(O)c1ccccc1. The van der Waals surface area contributed by atoms with E-state index in [4.69, 9.17) is 32.3 Å². The predicted octanol–water partition coefficient (Wildman–Crippen LogP) is 6.23. The second kappa shape index (κ2) is 14.1. The average Bonchev–Trinajstić information content (AvgIpc) is 2.95. The average molecular weight is 621 g/mol. The molecule has 0 radical (unpaired) electrons. The maximum absolute atomic E-state index is 14.4. The van der Waals surface area contributed by atoms with E-state index in [9.17, 15) is 31.9 Å². The maximum atomic E-state index is 14.4. The van der Waals surface area contributed by atoms with E-state index in [-0.39, 0.29) is 28.6 Å².